The van der Waals surface area contributed by atoms with Crippen molar-refractivity contribution in [3.63, 3.8) is 0 Å². The van der Waals surface area contributed by atoms with Crippen LogP contribution in [0.3, 0.4) is 0 Å². The molecule has 16 heavy (non-hydrogen) atoms. The van der Waals surface area contributed by atoms with Gasteiger partial charge in [-0.05, 0) is 18.2 Å². The fourth-order valence-electron chi connectivity index (χ4n) is 1.19. The largest absolute Gasteiger partial charge is 0.436 e. The molecule has 0 amide bonds. The number of nitrogens with zero attached hydrogens (tertiary/aromatic N) is 1. The number of rotatable bonds is 3. The summed E-state index contributed by atoms with van der Waals surface area (Å²) in [6.45, 7) is 0. The van der Waals surface area contributed by atoms with Crippen molar-refractivity contribution >= 4 is 5.82 Å². The Morgan fingerprint density at radius 1 is 1.12 bits per heavy atom. The molecule has 0 aliphatic carbocycles. The number of benzene rings is 1. The van der Waals surface area contributed by atoms with E-state index in [2.05, 4.69) is 10.4 Å². The highest BCUT2D eigenvalue weighted by molar-refractivity contribution is 5.37. The molecule has 1 heterocycles. The summed E-state index contributed by atoms with van der Waals surface area (Å²) < 4.78 is 18.5. The lowest BCUT2D eigenvalue weighted by atomic mass is 10.3. The molecular weight excluding hydrogens is 209 g/mol. The topological polar surface area (TPSA) is 60.2 Å². The van der Waals surface area contributed by atoms with Crippen LogP contribution in [0.25, 0.3) is 0 Å². The van der Waals surface area contributed by atoms with E-state index < -0.39 is 5.82 Å². The number of ether oxygens (including phenoxy) is 1. The molecule has 2 rings (SSSR count). The molecular formula is C11H10FN3O. The number of hydrogen-bond acceptors (Lipinski definition) is 4. The summed E-state index contributed by atoms with van der Waals surface area (Å²) in [5, 5.41) is 0. The quantitative estimate of drug-likeness (QED) is 0.614. The second kappa shape index (κ2) is 4.59. The highest BCUT2D eigenvalue weighted by atomic mass is 19.1. The molecule has 3 N–H and O–H groups in total. The zero-order chi connectivity index (χ0) is 11.4. The molecule has 1 aromatic heterocycles. The lowest BCUT2D eigenvalue weighted by Crippen LogP contribution is -2.08. The summed E-state index contributed by atoms with van der Waals surface area (Å²) in [6, 6.07) is 11.1. The van der Waals surface area contributed by atoms with Crippen molar-refractivity contribution in [3.05, 3.63) is 48.3 Å². The van der Waals surface area contributed by atoms with Crippen molar-refractivity contribution in [3.8, 4) is 11.6 Å². The van der Waals surface area contributed by atoms with Crippen LogP contribution in [0, 0.1) is 5.82 Å². The molecule has 0 bridgehead atoms. The van der Waals surface area contributed by atoms with Crippen LogP contribution < -0.4 is 16.0 Å². The Labute approximate surface area is 91.8 Å². The molecule has 4 nitrogen and oxygen atoms in total. The third kappa shape index (κ3) is 2.26. The van der Waals surface area contributed by atoms with Gasteiger partial charge in [0.05, 0.1) is 0 Å². The van der Waals surface area contributed by atoms with E-state index in [0.717, 1.165) is 0 Å². The van der Waals surface area contributed by atoms with Crippen LogP contribution in [0.15, 0.2) is 42.5 Å². The van der Waals surface area contributed by atoms with Gasteiger partial charge < -0.3 is 10.2 Å². The van der Waals surface area contributed by atoms with Crippen molar-refractivity contribution in [2.45, 2.75) is 0 Å². The lowest BCUT2D eigenvalue weighted by Gasteiger charge is -2.06. The minimum atomic E-state index is -0.435. The first-order valence-corrected chi connectivity index (χ1v) is 4.65. The van der Waals surface area contributed by atoms with Gasteiger partial charge in [0.25, 0.3) is 0 Å². The van der Waals surface area contributed by atoms with Gasteiger partial charge in [0.1, 0.15) is 5.82 Å². The number of anilines is 1. The predicted octanol–water partition coefficient (Wildman–Crippen LogP) is 2.30. The maximum Gasteiger partial charge on any atom is 0.221 e. The van der Waals surface area contributed by atoms with Crippen molar-refractivity contribution < 1.29 is 9.13 Å². The SMILES string of the molecule is NNc1cccc(Oc2ccccc2F)n1. The second-order valence-corrected chi connectivity index (χ2v) is 3.04. The Balaban J connectivity index is 2.24. The third-order valence-corrected chi connectivity index (χ3v) is 1.92. The molecule has 0 unspecified atom stereocenters. The first kappa shape index (κ1) is 10.4. The summed E-state index contributed by atoms with van der Waals surface area (Å²) in [6.07, 6.45) is 0. The van der Waals surface area contributed by atoms with Crippen LogP contribution in [0.2, 0.25) is 0 Å². The number of para-hydroxylation sites is 1. The summed E-state index contributed by atoms with van der Waals surface area (Å²) in [5.41, 5.74) is 2.38. The van der Waals surface area contributed by atoms with Gasteiger partial charge in [-0.15, -0.1) is 0 Å². The average Bonchev–Trinajstić information content (AvgIpc) is 2.32. The fourth-order valence-corrected chi connectivity index (χ4v) is 1.19. The van der Waals surface area contributed by atoms with Crippen molar-refractivity contribution in [1.29, 1.82) is 0 Å². The molecule has 0 atom stereocenters. The van der Waals surface area contributed by atoms with Gasteiger partial charge in [-0.3, -0.25) is 0 Å². The number of hydrogen-bond donors (Lipinski definition) is 2. The van der Waals surface area contributed by atoms with Crippen LogP contribution in [0.4, 0.5) is 10.2 Å². The zero-order valence-corrected chi connectivity index (χ0v) is 8.35. The molecule has 0 aliphatic rings. The van der Waals surface area contributed by atoms with Gasteiger partial charge in [-0.2, -0.15) is 4.98 Å². The van der Waals surface area contributed by atoms with Crippen LogP contribution in [-0.4, -0.2) is 4.98 Å². The van der Waals surface area contributed by atoms with Gasteiger partial charge >= 0.3 is 0 Å². The predicted molar refractivity (Wildman–Crippen MR) is 58.5 cm³/mol. The molecule has 5 heteroatoms. The summed E-state index contributed by atoms with van der Waals surface area (Å²) in [4.78, 5) is 4.00. The lowest BCUT2D eigenvalue weighted by molar-refractivity contribution is 0.428. The maximum atomic E-state index is 13.3. The first-order valence-electron chi connectivity index (χ1n) is 4.65. The van der Waals surface area contributed by atoms with Crippen LogP contribution >= 0.6 is 0 Å². The number of nitrogen functional groups attached to an aromatic ring is 1. The van der Waals surface area contributed by atoms with Crippen LogP contribution in [-0.2, 0) is 0 Å². The molecule has 0 radical (unpaired) electrons. The maximum absolute atomic E-state index is 13.3. The van der Waals surface area contributed by atoms with E-state index in [4.69, 9.17) is 10.6 Å². The van der Waals surface area contributed by atoms with Gasteiger partial charge in [0.2, 0.25) is 5.88 Å². The van der Waals surface area contributed by atoms with E-state index >= 15 is 0 Å². The molecule has 2 aromatic rings. The number of hydrazine groups is 1. The Morgan fingerprint density at radius 3 is 2.69 bits per heavy atom. The summed E-state index contributed by atoms with van der Waals surface area (Å²) in [5.74, 6) is 5.62. The Hall–Kier alpha value is -2.14. The zero-order valence-electron chi connectivity index (χ0n) is 8.35. The minimum absolute atomic E-state index is 0.129. The molecule has 0 aliphatic heterocycles. The minimum Gasteiger partial charge on any atom is -0.436 e. The Morgan fingerprint density at radius 2 is 1.94 bits per heavy atom. The van der Waals surface area contributed by atoms with Gasteiger partial charge in [-0.1, -0.05) is 18.2 Å². The van der Waals surface area contributed by atoms with E-state index in [1.54, 1.807) is 30.3 Å². The summed E-state index contributed by atoms with van der Waals surface area (Å²) >= 11 is 0. The second-order valence-electron chi connectivity index (χ2n) is 3.04. The highest BCUT2D eigenvalue weighted by Crippen LogP contribution is 2.22. The van der Waals surface area contributed by atoms with Gasteiger partial charge in [0.15, 0.2) is 11.6 Å². The molecule has 0 spiro atoms. The molecule has 0 saturated heterocycles. The fraction of sp³-hybridized carbons (Fsp3) is 0. The smallest absolute Gasteiger partial charge is 0.221 e. The van der Waals surface area contributed by atoms with Gasteiger partial charge in [0, 0.05) is 6.07 Å². The normalized spacial score (nSPS) is 9.88. The van der Waals surface area contributed by atoms with Crippen molar-refractivity contribution in [2.75, 3.05) is 5.43 Å². The van der Waals surface area contributed by atoms with Crippen molar-refractivity contribution in [1.82, 2.24) is 4.98 Å². The number of aromatic nitrogens is 1. The van der Waals surface area contributed by atoms with Crippen LogP contribution in [0.1, 0.15) is 0 Å². The first-order chi connectivity index (χ1) is 7.79. The van der Waals surface area contributed by atoms with E-state index in [-0.39, 0.29) is 11.6 Å². The Bertz CT molecular complexity index is 490. The molecule has 82 valence electrons. The molecule has 0 fully saturated rings. The average molecular weight is 219 g/mol. The number of pyridine rings is 1. The monoisotopic (exact) mass is 219 g/mol. The van der Waals surface area contributed by atoms with Crippen molar-refractivity contribution in [2.24, 2.45) is 5.84 Å². The highest BCUT2D eigenvalue weighted by Gasteiger charge is 2.04. The number of nitrogens with one attached hydrogen (secondary N) is 1. The van der Waals surface area contributed by atoms with Gasteiger partial charge in [-0.25, -0.2) is 10.2 Å². The standard InChI is InChI=1S/C11H10FN3O/c12-8-4-1-2-5-9(8)16-11-7-3-6-10(14-11)15-13/h1-7H,13H2,(H,14,15). The Kier molecular flexibility index (Phi) is 2.98. The third-order valence-electron chi connectivity index (χ3n) is 1.92. The number of halogens is 1. The van der Waals surface area contributed by atoms with E-state index in [1.165, 1.54) is 12.1 Å². The summed E-state index contributed by atoms with van der Waals surface area (Å²) in [7, 11) is 0. The van der Waals surface area contributed by atoms with Crippen LogP contribution in [0.5, 0.6) is 11.6 Å². The molecule has 0 saturated carbocycles. The van der Waals surface area contributed by atoms with E-state index in [9.17, 15) is 4.39 Å². The van der Waals surface area contributed by atoms with E-state index in [0.29, 0.717) is 5.82 Å². The molecule has 1 aromatic carbocycles. The number of nitrogens with two attached hydrogens (primary N) is 1. The van der Waals surface area contributed by atoms with E-state index in [1.807, 2.05) is 0 Å².